The van der Waals surface area contributed by atoms with E-state index in [0.29, 0.717) is 42.1 Å². The highest BCUT2D eigenvalue weighted by Gasteiger charge is 2.30. The summed E-state index contributed by atoms with van der Waals surface area (Å²) in [5.41, 5.74) is 4.84. The molecule has 0 radical (unpaired) electrons. The SMILES string of the molecule is Cc1ccc2c(c1)c1nnc(SCC(=O)N3CCN(C(=O)COc4ccc(Cl)cc4)C(C)C3)nc1n2Cc1ccccc1. The number of ether oxygens (including phenoxy) is 1. The minimum Gasteiger partial charge on any atom is -0.484 e. The zero-order valence-corrected chi connectivity index (χ0v) is 25.5. The summed E-state index contributed by atoms with van der Waals surface area (Å²) in [6, 6.07) is 23.3. The first-order valence-corrected chi connectivity index (χ1v) is 15.5. The van der Waals surface area contributed by atoms with Crippen LogP contribution in [-0.2, 0) is 16.1 Å². The highest BCUT2D eigenvalue weighted by molar-refractivity contribution is 7.99. The molecule has 0 bridgehead atoms. The number of hydrogen-bond donors (Lipinski definition) is 0. The topological polar surface area (TPSA) is 93.5 Å². The zero-order chi connectivity index (χ0) is 29.9. The van der Waals surface area contributed by atoms with Gasteiger partial charge in [0.05, 0.1) is 11.3 Å². The fourth-order valence-corrected chi connectivity index (χ4v) is 6.18. The van der Waals surface area contributed by atoms with Crippen molar-refractivity contribution in [2.24, 2.45) is 0 Å². The summed E-state index contributed by atoms with van der Waals surface area (Å²) in [7, 11) is 0. The molecule has 0 N–H and O–H groups in total. The van der Waals surface area contributed by atoms with Crippen molar-refractivity contribution in [1.82, 2.24) is 29.5 Å². The minimum absolute atomic E-state index is 0.0227. The summed E-state index contributed by atoms with van der Waals surface area (Å²) in [4.78, 5) is 34.4. The van der Waals surface area contributed by atoms with Gasteiger partial charge in [-0.1, -0.05) is 65.3 Å². The molecule has 1 fully saturated rings. The second-order valence-corrected chi connectivity index (χ2v) is 12.0. The van der Waals surface area contributed by atoms with Crippen molar-refractivity contribution < 1.29 is 14.3 Å². The number of halogens is 1. The Morgan fingerprint density at radius 1 is 1.00 bits per heavy atom. The maximum Gasteiger partial charge on any atom is 0.260 e. The maximum absolute atomic E-state index is 13.2. The first-order chi connectivity index (χ1) is 20.9. The van der Waals surface area contributed by atoms with Crippen molar-refractivity contribution in [1.29, 1.82) is 0 Å². The van der Waals surface area contributed by atoms with Gasteiger partial charge in [-0.2, -0.15) is 0 Å². The van der Waals surface area contributed by atoms with Gasteiger partial charge in [0.25, 0.3) is 5.91 Å². The number of carbonyl (C=O) groups is 2. The van der Waals surface area contributed by atoms with Crippen LogP contribution in [0.25, 0.3) is 22.1 Å². The average molecular weight is 615 g/mol. The van der Waals surface area contributed by atoms with E-state index in [-0.39, 0.29) is 30.2 Å². The smallest absolute Gasteiger partial charge is 0.260 e. The van der Waals surface area contributed by atoms with Crippen LogP contribution in [0.3, 0.4) is 0 Å². The molecule has 5 aromatic rings. The van der Waals surface area contributed by atoms with Crippen LogP contribution >= 0.6 is 23.4 Å². The molecule has 6 rings (SSSR count). The number of thioether (sulfide) groups is 1. The van der Waals surface area contributed by atoms with Gasteiger partial charge in [-0.3, -0.25) is 9.59 Å². The van der Waals surface area contributed by atoms with Crippen LogP contribution in [0.1, 0.15) is 18.1 Å². The van der Waals surface area contributed by atoms with Crippen LogP contribution in [0.5, 0.6) is 5.75 Å². The average Bonchev–Trinajstić information content (AvgIpc) is 3.31. The number of carbonyl (C=O) groups excluding carboxylic acids is 2. The second-order valence-electron chi connectivity index (χ2n) is 10.7. The van der Waals surface area contributed by atoms with E-state index in [1.807, 2.05) is 25.1 Å². The van der Waals surface area contributed by atoms with E-state index < -0.39 is 0 Å². The predicted molar refractivity (Wildman–Crippen MR) is 169 cm³/mol. The molecule has 2 amide bonds. The number of hydrogen-bond acceptors (Lipinski definition) is 7. The molecule has 43 heavy (non-hydrogen) atoms. The monoisotopic (exact) mass is 614 g/mol. The normalized spacial score (nSPS) is 15.3. The lowest BCUT2D eigenvalue weighted by Gasteiger charge is -2.39. The number of rotatable bonds is 8. The molecule has 0 aliphatic carbocycles. The van der Waals surface area contributed by atoms with Gasteiger partial charge in [0.1, 0.15) is 11.3 Å². The van der Waals surface area contributed by atoms with Crippen LogP contribution < -0.4 is 4.74 Å². The lowest BCUT2D eigenvalue weighted by Crippen LogP contribution is -2.56. The van der Waals surface area contributed by atoms with Gasteiger partial charge < -0.3 is 19.1 Å². The Labute approximate surface area is 258 Å². The van der Waals surface area contributed by atoms with Crippen LogP contribution in [0.15, 0.2) is 78.0 Å². The standard InChI is InChI=1S/C32H31ClN6O3S/c1-21-8-13-27-26(16-21)30-31(39(27)18-23-6-4-3-5-7-23)34-32(36-35-30)43-20-29(41)37-14-15-38(22(2)17-37)28(40)19-42-25-11-9-24(33)10-12-25/h3-13,16,22H,14-15,17-20H2,1-2H3. The first kappa shape index (κ1) is 28.9. The van der Waals surface area contributed by atoms with Crippen molar-refractivity contribution in [3.05, 3.63) is 88.9 Å². The van der Waals surface area contributed by atoms with Crippen molar-refractivity contribution in [2.75, 3.05) is 32.0 Å². The van der Waals surface area contributed by atoms with Crippen LogP contribution in [0.4, 0.5) is 0 Å². The number of aromatic nitrogens is 4. The number of piperazine rings is 1. The number of amides is 2. The Bertz CT molecular complexity index is 1780. The molecular formula is C32H31ClN6O3S. The number of fused-ring (bicyclic) bond motifs is 3. The quantitative estimate of drug-likeness (QED) is 0.221. The van der Waals surface area contributed by atoms with Crippen LogP contribution in [0.2, 0.25) is 5.02 Å². The van der Waals surface area contributed by atoms with E-state index in [2.05, 4.69) is 52.0 Å². The van der Waals surface area contributed by atoms with Gasteiger partial charge in [0.15, 0.2) is 12.3 Å². The first-order valence-electron chi connectivity index (χ1n) is 14.1. The molecule has 1 saturated heterocycles. The van der Waals surface area contributed by atoms with Gasteiger partial charge in [-0.25, -0.2) is 4.98 Å². The fourth-order valence-electron chi connectivity index (χ4n) is 5.37. The van der Waals surface area contributed by atoms with Gasteiger partial charge >= 0.3 is 0 Å². The molecule has 1 unspecified atom stereocenters. The molecule has 0 spiro atoms. The van der Waals surface area contributed by atoms with Crippen molar-refractivity contribution in [3.63, 3.8) is 0 Å². The van der Waals surface area contributed by atoms with E-state index in [9.17, 15) is 9.59 Å². The number of aryl methyl sites for hydroxylation is 1. The van der Waals surface area contributed by atoms with Gasteiger partial charge in [-0.15, -0.1) is 10.2 Å². The van der Waals surface area contributed by atoms with E-state index in [1.165, 1.54) is 11.8 Å². The Hall–Kier alpha value is -4.15. The summed E-state index contributed by atoms with van der Waals surface area (Å²) in [5.74, 6) is 0.635. The summed E-state index contributed by atoms with van der Waals surface area (Å²) < 4.78 is 7.79. The minimum atomic E-state index is -0.129. The maximum atomic E-state index is 13.2. The molecule has 11 heteroatoms. The molecule has 1 atom stereocenters. The molecule has 220 valence electrons. The van der Waals surface area contributed by atoms with E-state index in [1.54, 1.807) is 34.1 Å². The summed E-state index contributed by atoms with van der Waals surface area (Å²) >= 11 is 7.19. The van der Waals surface area contributed by atoms with Crippen molar-refractivity contribution in [3.8, 4) is 5.75 Å². The summed E-state index contributed by atoms with van der Waals surface area (Å²) in [6.07, 6.45) is 0. The van der Waals surface area contributed by atoms with E-state index in [4.69, 9.17) is 21.3 Å². The predicted octanol–water partition coefficient (Wildman–Crippen LogP) is 5.22. The molecule has 2 aromatic heterocycles. The van der Waals surface area contributed by atoms with Crippen LogP contribution in [0, 0.1) is 6.92 Å². The highest BCUT2D eigenvalue weighted by Crippen LogP contribution is 2.29. The van der Waals surface area contributed by atoms with Gasteiger partial charge in [0, 0.05) is 42.6 Å². The van der Waals surface area contributed by atoms with Crippen molar-refractivity contribution in [2.45, 2.75) is 31.6 Å². The summed E-state index contributed by atoms with van der Waals surface area (Å²) in [5, 5.41) is 11.0. The van der Waals surface area contributed by atoms with Gasteiger partial charge in [-0.05, 0) is 55.8 Å². The summed E-state index contributed by atoms with van der Waals surface area (Å²) in [6.45, 7) is 5.95. The molecule has 3 aromatic carbocycles. The largest absolute Gasteiger partial charge is 0.484 e. The third kappa shape index (κ3) is 6.45. The molecular weight excluding hydrogens is 584 g/mol. The molecule has 9 nitrogen and oxygen atoms in total. The fraction of sp³-hybridized carbons (Fsp3) is 0.281. The van der Waals surface area contributed by atoms with Crippen molar-refractivity contribution >= 4 is 57.2 Å². The lowest BCUT2D eigenvalue weighted by atomic mass is 10.1. The third-order valence-corrected chi connectivity index (χ3v) is 8.66. The Balaban J connectivity index is 1.10. The molecule has 3 heterocycles. The molecule has 1 aliphatic rings. The Morgan fingerprint density at radius 2 is 1.79 bits per heavy atom. The highest BCUT2D eigenvalue weighted by atomic mass is 35.5. The van der Waals surface area contributed by atoms with Gasteiger partial charge in [0.2, 0.25) is 11.1 Å². The third-order valence-electron chi connectivity index (χ3n) is 7.59. The lowest BCUT2D eigenvalue weighted by molar-refractivity contribution is -0.142. The molecule has 0 saturated carbocycles. The Kier molecular flexibility index (Phi) is 8.49. The second kappa shape index (κ2) is 12.6. The Morgan fingerprint density at radius 3 is 2.56 bits per heavy atom. The van der Waals surface area contributed by atoms with E-state index in [0.717, 1.165) is 33.2 Å². The molecule has 1 aliphatic heterocycles. The zero-order valence-electron chi connectivity index (χ0n) is 23.9. The van der Waals surface area contributed by atoms with E-state index >= 15 is 0 Å². The van der Waals surface area contributed by atoms with Crippen LogP contribution in [-0.4, -0.2) is 79.4 Å². The number of benzene rings is 3. The number of nitrogens with zero attached hydrogens (tertiary/aromatic N) is 6.